The van der Waals surface area contributed by atoms with Crippen LogP contribution in [0.25, 0.3) is 23.3 Å². The SMILES string of the molecule is Clc1nc2ccoc2c2c1C=C[C+]=C2. The van der Waals surface area contributed by atoms with Gasteiger partial charge in [0.25, 0.3) is 0 Å². The molecule has 0 unspecified atom stereocenters. The minimum atomic E-state index is 0.503. The second kappa shape index (κ2) is 2.68. The molecule has 14 heavy (non-hydrogen) atoms. The highest BCUT2D eigenvalue weighted by molar-refractivity contribution is 6.31. The first-order valence-electron chi connectivity index (χ1n) is 4.19. The normalized spacial score (nSPS) is 12.9. The first-order valence-corrected chi connectivity index (χ1v) is 4.56. The molecule has 3 heteroatoms. The zero-order valence-corrected chi connectivity index (χ0v) is 7.88. The van der Waals surface area contributed by atoms with Gasteiger partial charge in [-0.15, -0.1) is 0 Å². The molecule has 0 saturated carbocycles. The van der Waals surface area contributed by atoms with Crippen molar-refractivity contribution in [1.29, 1.82) is 0 Å². The van der Waals surface area contributed by atoms with Crippen molar-refractivity contribution in [2.75, 3.05) is 0 Å². The molecule has 0 spiro atoms. The molecule has 0 bridgehead atoms. The number of rotatable bonds is 0. The largest absolute Gasteiger partial charge is 0.449 e. The molecule has 0 N–H and O–H groups in total. The Kier molecular flexibility index (Phi) is 1.48. The van der Waals surface area contributed by atoms with Crippen LogP contribution in [0.4, 0.5) is 0 Å². The second-order valence-electron chi connectivity index (χ2n) is 3.01. The third kappa shape index (κ3) is 0.925. The van der Waals surface area contributed by atoms with Crippen LogP contribution in [-0.4, -0.2) is 4.98 Å². The van der Waals surface area contributed by atoms with Gasteiger partial charge in [-0.1, -0.05) is 11.6 Å². The van der Waals surface area contributed by atoms with Crippen molar-refractivity contribution < 1.29 is 4.42 Å². The van der Waals surface area contributed by atoms with Crippen LogP contribution in [0, 0.1) is 6.08 Å². The van der Waals surface area contributed by atoms with E-state index in [0.29, 0.717) is 5.15 Å². The van der Waals surface area contributed by atoms with Gasteiger partial charge in [-0.3, -0.25) is 0 Å². The van der Waals surface area contributed by atoms with E-state index in [1.165, 1.54) is 0 Å². The minimum Gasteiger partial charge on any atom is -0.449 e. The Hall–Kier alpha value is -1.63. The van der Waals surface area contributed by atoms with E-state index in [-0.39, 0.29) is 0 Å². The van der Waals surface area contributed by atoms with Gasteiger partial charge in [0.05, 0.1) is 12.3 Å². The molecule has 0 fully saturated rings. The van der Waals surface area contributed by atoms with Crippen molar-refractivity contribution in [1.82, 2.24) is 4.98 Å². The number of halogens is 1. The highest BCUT2D eigenvalue weighted by Crippen LogP contribution is 2.30. The van der Waals surface area contributed by atoms with Crippen LogP contribution in [-0.2, 0) is 0 Å². The van der Waals surface area contributed by atoms with Crippen molar-refractivity contribution in [3.8, 4) is 0 Å². The number of hydrogen-bond donors (Lipinski definition) is 0. The van der Waals surface area contributed by atoms with Gasteiger partial charge in [0.15, 0.2) is 5.15 Å². The standard InChI is InChI=1S/C11H5ClNO/c12-11-8-4-2-1-3-7(8)10-9(13-11)5-6-14-10/h2-6H/q+1. The van der Waals surface area contributed by atoms with Crippen LogP contribution in [0.2, 0.25) is 5.15 Å². The topological polar surface area (TPSA) is 26.0 Å². The lowest BCUT2D eigenvalue weighted by Crippen LogP contribution is -1.90. The van der Waals surface area contributed by atoms with Crippen LogP contribution in [0.3, 0.4) is 0 Å². The lowest BCUT2D eigenvalue weighted by atomic mass is 10.0. The molecule has 0 atom stereocenters. The molecule has 0 amide bonds. The van der Waals surface area contributed by atoms with Gasteiger partial charge in [0, 0.05) is 12.1 Å². The highest BCUT2D eigenvalue weighted by atomic mass is 35.5. The maximum atomic E-state index is 6.03. The van der Waals surface area contributed by atoms with Crippen molar-refractivity contribution in [3.05, 3.63) is 40.8 Å². The predicted octanol–water partition coefficient (Wildman–Crippen LogP) is 3.32. The number of pyridine rings is 1. The second-order valence-corrected chi connectivity index (χ2v) is 3.37. The average molecular weight is 203 g/mol. The molecule has 0 aliphatic heterocycles. The number of allylic oxidation sites excluding steroid dienone is 2. The molecule has 2 aromatic rings. The fourth-order valence-electron chi connectivity index (χ4n) is 1.56. The van der Waals surface area contributed by atoms with E-state index in [4.69, 9.17) is 16.0 Å². The number of nitrogens with zero attached hydrogens (tertiary/aromatic N) is 1. The van der Waals surface area contributed by atoms with Gasteiger partial charge in [0.2, 0.25) is 5.58 Å². The smallest absolute Gasteiger partial charge is 0.216 e. The van der Waals surface area contributed by atoms with Crippen LogP contribution >= 0.6 is 11.6 Å². The number of fused-ring (bicyclic) bond motifs is 3. The first-order chi connectivity index (χ1) is 6.86. The maximum Gasteiger partial charge on any atom is 0.216 e. The summed E-state index contributed by atoms with van der Waals surface area (Å²) in [7, 11) is 0. The minimum absolute atomic E-state index is 0.503. The van der Waals surface area contributed by atoms with Gasteiger partial charge < -0.3 is 4.42 Å². The van der Waals surface area contributed by atoms with Crippen molar-refractivity contribution in [3.63, 3.8) is 0 Å². The summed E-state index contributed by atoms with van der Waals surface area (Å²) in [5.41, 5.74) is 3.39. The molecule has 2 heterocycles. The molecule has 1 aliphatic carbocycles. The molecule has 2 nitrogen and oxygen atoms in total. The molecular formula is C11H5ClNO+. The molecule has 0 radical (unpaired) electrons. The van der Waals surface area contributed by atoms with E-state index in [2.05, 4.69) is 11.1 Å². The van der Waals surface area contributed by atoms with Gasteiger partial charge in [-0.2, -0.15) is 0 Å². The van der Waals surface area contributed by atoms with E-state index in [1.807, 2.05) is 18.2 Å². The van der Waals surface area contributed by atoms with Gasteiger partial charge in [-0.25, -0.2) is 4.98 Å². The van der Waals surface area contributed by atoms with Crippen LogP contribution < -0.4 is 0 Å². The van der Waals surface area contributed by atoms with Gasteiger partial charge in [-0.05, 0) is 0 Å². The third-order valence-corrected chi connectivity index (χ3v) is 2.48. The zero-order valence-electron chi connectivity index (χ0n) is 7.12. The van der Waals surface area contributed by atoms with Crippen molar-refractivity contribution in [2.24, 2.45) is 0 Å². The number of aromatic nitrogens is 1. The van der Waals surface area contributed by atoms with Gasteiger partial charge >= 0.3 is 0 Å². The summed E-state index contributed by atoms with van der Waals surface area (Å²) in [5, 5.41) is 0.503. The van der Waals surface area contributed by atoms with Gasteiger partial charge in [0.1, 0.15) is 28.8 Å². The maximum absolute atomic E-state index is 6.03. The van der Waals surface area contributed by atoms with E-state index in [0.717, 1.165) is 22.2 Å². The Labute approximate surface area is 85.5 Å². The molecule has 0 aromatic carbocycles. The summed E-state index contributed by atoms with van der Waals surface area (Å²) >= 11 is 6.03. The summed E-state index contributed by atoms with van der Waals surface area (Å²) in [4.78, 5) is 4.22. The van der Waals surface area contributed by atoms with E-state index < -0.39 is 0 Å². The van der Waals surface area contributed by atoms with Crippen molar-refractivity contribution >= 4 is 34.9 Å². The predicted molar refractivity (Wildman–Crippen MR) is 55.8 cm³/mol. The highest BCUT2D eigenvalue weighted by Gasteiger charge is 2.20. The summed E-state index contributed by atoms with van der Waals surface area (Å²) in [6.07, 6.45) is 10.2. The van der Waals surface area contributed by atoms with E-state index in [9.17, 15) is 0 Å². The molecule has 2 aromatic heterocycles. The lowest BCUT2D eigenvalue weighted by molar-refractivity contribution is 0.614. The Morgan fingerprint density at radius 2 is 2.29 bits per heavy atom. The van der Waals surface area contributed by atoms with Crippen molar-refractivity contribution in [2.45, 2.75) is 0 Å². The molecule has 1 aliphatic rings. The van der Waals surface area contributed by atoms with Crippen LogP contribution in [0.15, 0.2) is 22.8 Å². The molecule has 66 valence electrons. The number of hydrogen-bond acceptors (Lipinski definition) is 2. The Morgan fingerprint density at radius 3 is 3.21 bits per heavy atom. The molecule has 0 saturated heterocycles. The fourth-order valence-corrected chi connectivity index (χ4v) is 1.81. The molecule has 3 rings (SSSR count). The Balaban J connectivity index is 2.52. The summed E-state index contributed by atoms with van der Waals surface area (Å²) in [6, 6.07) is 1.80. The first kappa shape index (κ1) is 7.74. The Bertz CT molecular complexity index is 566. The summed E-state index contributed by atoms with van der Waals surface area (Å²) in [6.45, 7) is 0. The zero-order chi connectivity index (χ0) is 9.54. The quantitative estimate of drug-likeness (QED) is 0.484. The summed E-state index contributed by atoms with van der Waals surface area (Å²) < 4.78 is 5.35. The summed E-state index contributed by atoms with van der Waals surface area (Å²) in [5.74, 6) is 0. The Morgan fingerprint density at radius 1 is 1.36 bits per heavy atom. The third-order valence-electron chi connectivity index (χ3n) is 2.19. The lowest BCUT2D eigenvalue weighted by Gasteiger charge is -1.98. The van der Waals surface area contributed by atoms with E-state index >= 15 is 0 Å². The molecular weight excluding hydrogens is 198 g/mol. The van der Waals surface area contributed by atoms with E-state index in [1.54, 1.807) is 12.3 Å². The van der Waals surface area contributed by atoms with Crippen LogP contribution in [0.5, 0.6) is 0 Å². The average Bonchev–Trinajstić information content (AvgIpc) is 2.66. The monoisotopic (exact) mass is 202 g/mol. The number of furan rings is 1. The van der Waals surface area contributed by atoms with Crippen LogP contribution in [0.1, 0.15) is 11.1 Å². The fraction of sp³-hybridized carbons (Fsp3) is 0.